The topological polar surface area (TPSA) is 69.9 Å². The lowest BCUT2D eigenvalue weighted by Gasteiger charge is -2.13. The van der Waals surface area contributed by atoms with E-state index in [1.165, 1.54) is 0 Å². The van der Waals surface area contributed by atoms with Gasteiger partial charge in [-0.3, -0.25) is 0 Å². The SMILES string of the molecule is CCCCC[C@H](O)C#C[C@H]1[C@@H]2C[C@@H](O)O[C@H]2C[C@H]1O. The van der Waals surface area contributed by atoms with Gasteiger partial charge in [-0.1, -0.05) is 31.6 Å². The van der Waals surface area contributed by atoms with Crippen LogP contribution in [0.2, 0.25) is 0 Å². The highest BCUT2D eigenvalue weighted by Gasteiger charge is 2.48. The Morgan fingerprint density at radius 2 is 2.05 bits per heavy atom. The lowest BCUT2D eigenvalue weighted by Crippen LogP contribution is -2.19. The van der Waals surface area contributed by atoms with Crippen molar-refractivity contribution in [1.82, 2.24) is 0 Å². The second kappa shape index (κ2) is 6.71. The predicted molar refractivity (Wildman–Crippen MR) is 71.0 cm³/mol. The molecule has 0 radical (unpaired) electrons. The highest BCUT2D eigenvalue weighted by Crippen LogP contribution is 2.42. The maximum Gasteiger partial charge on any atom is 0.155 e. The molecule has 6 atom stereocenters. The molecule has 0 amide bonds. The van der Waals surface area contributed by atoms with E-state index in [-0.39, 0.29) is 17.9 Å². The van der Waals surface area contributed by atoms with E-state index in [9.17, 15) is 15.3 Å². The largest absolute Gasteiger partial charge is 0.392 e. The van der Waals surface area contributed by atoms with Crippen LogP contribution in [0, 0.1) is 23.7 Å². The Morgan fingerprint density at radius 1 is 1.26 bits per heavy atom. The number of hydrogen-bond donors (Lipinski definition) is 3. The number of rotatable bonds is 4. The maximum absolute atomic E-state index is 9.96. The third kappa shape index (κ3) is 3.70. The monoisotopic (exact) mass is 268 g/mol. The van der Waals surface area contributed by atoms with Crippen LogP contribution in [0.1, 0.15) is 45.4 Å². The molecule has 1 aliphatic carbocycles. The van der Waals surface area contributed by atoms with Gasteiger partial charge in [-0.25, -0.2) is 0 Å². The second-order valence-corrected chi connectivity index (χ2v) is 5.66. The third-order valence-corrected chi connectivity index (χ3v) is 4.13. The molecule has 4 heteroatoms. The molecule has 2 fully saturated rings. The Kier molecular flexibility index (Phi) is 5.23. The minimum absolute atomic E-state index is 0.0819. The summed E-state index contributed by atoms with van der Waals surface area (Å²) < 4.78 is 5.34. The molecule has 3 N–H and O–H groups in total. The molecule has 2 rings (SSSR count). The van der Waals surface area contributed by atoms with Gasteiger partial charge in [-0.2, -0.15) is 0 Å². The molecule has 0 aromatic carbocycles. The Labute approximate surface area is 114 Å². The first-order chi connectivity index (χ1) is 9.11. The van der Waals surface area contributed by atoms with Crippen LogP contribution < -0.4 is 0 Å². The molecule has 1 saturated heterocycles. The predicted octanol–water partition coefficient (Wildman–Crippen LogP) is 1.04. The molecule has 19 heavy (non-hydrogen) atoms. The van der Waals surface area contributed by atoms with Gasteiger partial charge in [0.05, 0.1) is 18.1 Å². The fourth-order valence-electron chi connectivity index (χ4n) is 3.08. The van der Waals surface area contributed by atoms with Crippen LogP contribution in [-0.2, 0) is 4.74 Å². The lowest BCUT2D eigenvalue weighted by molar-refractivity contribution is -0.0949. The van der Waals surface area contributed by atoms with E-state index < -0.39 is 18.5 Å². The molecular formula is C15H24O4. The highest BCUT2D eigenvalue weighted by molar-refractivity contribution is 5.15. The number of ether oxygens (including phenoxy) is 1. The van der Waals surface area contributed by atoms with Gasteiger partial charge in [0.15, 0.2) is 6.29 Å². The average molecular weight is 268 g/mol. The third-order valence-electron chi connectivity index (χ3n) is 4.13. The summed E-state index contributed by atoms with van der Waals surface area (Å²) in [6.45, 7) is 2.12. The molecule has 0 spiro atoms. The van der Waals surface area contributed by atoms with Crippen molar-refractivity contribution in [1.29, 1.82) is 0 Å². The van der Waals surface area contributed by atoms with Crippen LogP contribution in [0.4, 0.5) is 0 Å². The van der Waals surface area contributed by atoms with Crippen molar-refractivity contribution in [3.63, 3.8) is 0 Å². The molecule has 108 valence electrons. The van der Waals surface area contributed by atoms with Gasteiger partial charge in [0.25, 0.3) is 0 Å². The van der Waals surface area contributed by atoms with Gasteiger partial charge in [0.1, 0.15) is 6.10 Å². The van der Waals surface area contributed by atoms with Gasteiger partial charge in [-0.15, -0.1) is 0 Å². The van der Waals surface area contributed by atoms with Crippen molar-refractivity contribution in [3.05, 3.63) is 0 Å². The van der Waals surface area contributed by atoms with Crippen molar-refractivity contribution in [2.24, 2.45) is 11.8 Å². The summed E-state index contributed by atoms with van der Waals surface area (Å²) >= 11 is 0. The van der Waals surface area contributed by atoms with Gasteiger partial charge in [0, 0.05) is 18.8 Å². The van der Waals surface area contributed by atoms with Crippen LogP contribution in [0.15, 0.2) is 0 Å². The van der Waals surface area contributed by atoms with E-state index in [1.54, 1.807) is 0 Å². The molecule has 0 aromatic heterocycles. The fraction of sp³-hybridized carbons (Fsp3) is 0.867. The average Bonchev–Trinajstić information content (AvgIpc) is 2.82. The zero-order valence-electron chi connectivity index (χ0n) is 11.5. The summed E-state index contributed by atoms with van der Waals surface area (Å²) in [5, 5.41) is 29.2. The van der Waals surface area contributed by atoms with Crippen LogP contribution in [-0.4, -0.2) is 39.9 Å². The summed E-state index contributed by atoms with van der Waals surface area (Å²) in [4.78, 5) is 0. The smallest absolute Gasteiger partial charge is 0.155 e. The number of fused-ring (bicyclic) bond motifs is 1. The van der Waals surface area contributed by atoms with Crippen LogP contribution in [0.5, 0.6) is 0 Å². The van der Waals surface area contributed by atoms with Crippen LogP contribution in [0.25, 0.3) is 0 Å². The number of unbranched alkanes of at least 4 members (excludes halogenated alkanes) is 2. The van der Waals surface area contributed by atoms with E-state index in [0.29, 0.717) is 19.3 Å². The molecule has 1 heterocycles. The molecular weight excluding hydrogens is 244 g/mol. The summed E-state index contributed by atoms with van der Waals surface area (Å²) in [6.07, 6.45) is 3.06. The summed E-state index contributed by atoms with van der Waals surface area (Å²) in [6, 6.07) is 0. The summed E-state index contributed by atoms with van der Waals surface area (Å²) in [7, 11) is 0. The lowest BCUT2D eigenvalue weighted by atomic mass is 9.92. The van der Waals surface area contributed by atoms with Gasteiger partial charge >= 0.3 is 0 Å². The van der Waals surface area contributed by atoms with E-state index in [4.69, 9.17) is 4.74 Å². The highest BCUT2D eigenvalue weighted by atomic mass is 16.6. The molecule has 4 nitrogen and oxygen atoms in total. The number of aliphatic hydroxyl groups excluding tert-OH is 3. The van der Waals surface area contributed by atoms with E-state index in [1.807, 2.05) is 0 Å². The van der Waals surface area contributed by atoms with Crippen molar-refractivity contribution in [2.45, 2.75) is 70.1 Å². The summed E-state index contributed by atoms with van der Waals surface area (Å²) in [5.74, 6) is 5.78. The van der Waals surface area contributed by atoms with Gasteiger partial charge in [-0.05, 0) is 12.8 Å². The Morgan fingerprint density at radius 3 is 2.79 bits per heavy atom. The zero-order chi connectivity index (χ0) is 13.8. The first-order valence-corrected chi connectivity index (χ1v) is 7.32. The van der Waals surface area contributed by atoms with E-state index in [2.05, 4.69) is 18.8 Å². The minimum Gasteiger partial charge on any atom is -0.392 e. The second-order valence-electron chi connectivity index (χ2n) is 5.66. The number of aliphatic hydroxyl groups is 3. The normalized spacial score (nSPS) is 38.6. The molecule has 0 unspecified atom stereocenters. The van der Waals surface area contributed by atoms with Gasteiger partial charge < -0.3 is 20.1 Å². The van der Waals surface area contributed by atoms with Gasteiger partial charge in [0.2, 0.25) is 0 Å². The van der Waals surface area contributed by atoms with E-state index in [0.717, 1.165) is 19.3 Å². The maximum atomic E-state index is 9.96. The van der Waals surface area contributed by atoms with Crippen molar-refractivity contribution >= 4 is 0 Å². The van der Waals surface area contributed by atoms with E-state index >= 15 is 0 Å². The van der Waals surface area contributed by atoms with Crippen LogP contribution >= 0.6 is 0 Å². The van der Waals surface area contributed by atoms with Crippen molar-refractivity contribution < 1.29 is 20.1 Å². The quantitative estimate of drug-likeness (QED) is 0.526. The van der Waals surface area contributed by atoms with Crippen molar-refractivity contribution in [2.75, 3.05) is 0 Å². The standard InChI is InChI=1S/C15H24O4/c1-2-3-4-5-10(16)6-7-11-12-8-15(18)19-14(12)9-13(11)17/h10-18H,2-5,8-9H2,1H3/t10-,11-,12-,13+,14-,15-/m0/s1. The zero-order valence-corrected chi connectivity index (χ0v) is 11.5. The first-order valence-electron chi connectivity index (χ1n) is 7.32. The summed E-state index contributed by atoms with van der Waals surface area (Å²) in [5.41, 5.74) is 0. The molecule has 0 aromatic rings. The Hall–Kier alpha value is -0.600. The van der Waals surface area contributed by atoms with Crippen LogP contribution in [0.3, 0.4) is 0 Å². The first kappa shape index (κ1) is 14.8. The fourth-order valence-corrected chi connectivity index (χ4v) is 3.08. The molecule has 1 aliphatic heterocycles. The minimum atomic E-state index is -0.721. The Bertz CT molecular complexity index is 346. The Balaban J connectivity index is 1.87. The molecule has 1 saturated carbocycles. The number of hydrogen-bond acceptors (Lipinski definition) is 4. The molecule has 2 aliphatic rings. The molecule has 0 bridgehead atoms. The van der Waals surface area contributed by atoms with Crippen molar-refractivity contribution in [3.8, 4) is 11.8 Å².